The lowest BCUT2D eigenvalue weighted by atomic mass is 9.95. The maximum absolute atomic E-state index is 13.4. The summed E-state index contributed by atoms with van der Waals surface area (Å²) in [5.74, 6) is 0.694. The number of nitrogens with one attached hydrogen (secondary N) is 1. The highest BCUT2D eigenvalue weighted by Crippen LogP contribution is 2.26. The quantitative estimate of drug-likeness (QED) is 0.348. The lowest BCUT2D eigenvalue weighted by Crippen LogP contribution is -2.52. The van der Waals surface area contributed by atoms with E-state index in [-0.39, 0.29) is 23.6 Å². The third-order valence-corrected chi connectivity index (χ3v) is 7.91. The first-order chi connectivity index (χ1) is 16.4. The Morgan fingerprint density at radius 3 is 2.35 bits per heavy atom. The van der Waals surface area contributed by atoms with Crippen LogP contribution in [0.3, 0.4) is 0 Å². The molecule has 2 amide bonds. The molecule has 1 aliphatic rings. The summed E-state index contributed by atoms with van der Waals surface area (Å²) in [6.07, 6.45) is 6.05. The predicted molar refractivity (Wildman–Crippen MR) is 144 cm³/mol. The minimum absolute atomic E-state index is 0.0672. The molecule has 3 rings (SSSR count). The Labute approximate surface area is 221 Å². The molecule has 1 saturated carbocycles. The first kappa shape index (κ1) is 27.2. The predicted octanol–water partition coefficient (Wildman–Crippen LogP) is 7.14. The summed E-state index contributed by atoms with van der Waals surface area (Å²) in [7, 11) is 0. The lowest BCUT2D eigenvalue weighted by molar-refractivity contribution is -0.139. The molecule has 1 aliphatic carbocycles. The van der Waals surface area contributed by atoms with Gasteiger partial charge in [0.1, 0.15) is 6.04 Å². The van der Waals surface area contributed by atoms with Gasteiger partial charge in [-0.3, -0.25) is 9.59 Å². The third-order valence-electron chi connectivity index (χ3n) is 6.10. The van der Waals surface area contributed by atoms with Crippen LogP contribution in [0.25, 0.3) is 0 Å². The van der Waals surface area contributed by atoms with Crippen LogP contribution in [-0.2, 0) is 21.9 Å². The van der Waals surface area contributed by atoms with Crippen LogP contribution in [0.1, 0.15) is 56.6 Å². The Balaban J connectivity index is 1.70. The Morgan fingerprint density at radius 1 is 1.03 bits per heavy atom. The van der Waals surface area contributed by atoms with Crippen molar-refractivity contribution in [2.75, 3.05) is 5.75 Å². The maximum Gasteiger partial charge on any atom is 0.243 e. The SMILES string of the molecule is CC[C@@H](C(=O)NC1CCCCC1)N(Cc1ccc(Cl)cc1)C(=O)CSCc1ccc(Cl)cc1Cl. The lowest BCUT2D eigenvalue weighted by Gasteiger charge is -2.32. The molecular weight excluding hydrogens is 511 g/mol. The molecule has 2 aromatic rings. The minimum atomic E-state index is -0.523. The third kappa shape index (κ3) is 8.08. The molecule has 2 aromatic carbocycles. The van der Waals surface area contributed by atoms with E-state index in [1.165, 1.54) is 18.2 Å². The molecule has 0 bridgehead atoms. The molecule has 0 aromatic heterocycles. The van der Waals surface area contributed by atoms with Gasteiger partial charge in [-0.1, -0.05) is 79.2 Å². The number of hydrogen-bond acceptors (Lipinski definition) is 3. The second-order valence-corrected chi connectivity index (χ2v) is 10.9. The monoisotopic (exact) mass is 540 g/mol. The number of nitrogens with zero attached hydrogens (tertiary/aromatic N) is 1. The molecule has 1 N–H and O–H groups in total. The molecule has 34 heavy (non-hydrogen) atoms. The summed E-state index contributed by atoms with van der Waals surface area (Å²) in [6.45, 7) is 2.31. The van der Waals surface area contributed by atoms with Crippen molar-refractivity contribution in [3.63, 3.8) is 0 Å². The highest BCUT2D eigenvalue weighted by atomic mass is 35.5. The van der Waals surface area contributed by atoms with Crippen LogP contribution in [0.15, 0.2) is 42.5 Å². The number of amides is 2. The van der Waals surface area contributed by atoms with Crippen LogP contribution >= 0.6 is 46.6 Å². The molecular formula is C26H31Cl3N2O2S. The summed E-state index contributed by atoms with van der Waals surface area (Å²) >= 11 is 19.8. The van der Waals surface area contributed by atoms with Crippen molar-refractivity contribution in [2.45, 2.75) is 69.8 Å². The average molecular weight is 542 g/mol. The van der Waals surface area contributed by atoms with Crippen molar-refractivity contribution < 1.29 is 9.59 Å². The number of carbonyl (C=O) groups excluding carboxylic acids is 2. The number of hydrogen-bond donors (Lipinski definition) is 1. The van der Waals surface area contributed by atoms with Crippen LogP contribution < -0.4 is 5.32 Å². The van der Waals surface area contributed by atoms with Crippen LogP contribution in [0, 0.1) is 0 Å². The standard InChI is InChI=1S/C26H31Cl3N2O2S/c1-2-24(26(33)30-22-6-4-3-5-7-22)31(15-18-8-11-20(27)12-9-18)25(32)17-34-16-19-10-13-21(28)14-23(19)29/h8-14,22,24H,2-7,15-17H2,1H3,(H,30,33)/t24-/m0/s1. The number of carbonyl (C=O) groups is 2. The van der Waals surface area contributed by atoms with Gasteiger partial charge in [0.05, 0.1) is 5.75 Å². The summed E-state index contributed by atoms with van der Waals surface area (Å²) in [6, 6.07) is 12.5. The fourth-order valence-electron chi connectivity index (χ4n) is 4.22. The van der Waals surface area contributed by atoms with E-state index in [0.29, 0.717) is 33.8 Å². The van der Waals surface area contributed by atoms with Crippen molar-refractivity contribution in [1.29, 1.82) is 0 Å². The highest BCUT2D eigenvalue weighted by molar-refractivity contribution is 7.99. The van der Waals surface area contributed by atoms with Crippen molar-refractivity contribution in [1.82, 2.24) is 10.2 Å². The van der Waals surface area contributed by atoms with Gasteiger partial charge in [0.2, 0.25) is 11.8 Å². The summed E-state index contributed by atoms with van der Waals surface area (Å²) < 4.78 is 0. The van der Waals surface area contributed by atoms with Crippen LogP contribution in [0.2, 0.25) is 15.1 Å². The van der Waals surface area contributed by atoms with Crippen molar-refractivity contribution in [3.05, 3.63) is 68.7 Å². The zero-order chi connectivity index (χ0) is 24.5. The Hall–Kier alpha value is -1.40. The zero-order valence-electron chi connectivity index (χ0n) is 19.4. The molecule has 0 aliphatic heterocycles. The van der Waals surface area contributed by atoms with Crippen molar-refractivity contribution in [2.24, 2.45) is 0 Å². The Bertz CT molecular complexity index is 965. The van der Waals surface area contributed by atoms with Gasteiger partial charge >= 0.3 is 0 Å². The molecule has 184 valence electrons. The summed E-state index contributed by atoms with van der Waals surface area (Å²) in [5, 5.41) is 5.01. The molecule has 1 atom stereocenters. The van der Waals surface area contributed by atoms with Gasteiger partial charge < -0.3 is 10.2 Å². The fourth-order valence-corrected chi connectivity index (χ4v) is 5.81. The van der Waals surface area contributed by atoms with E-state index in [1.54, 1.807) is 29.2 Å². The number of halogens is 3. The molecule has 0 unspecified atom stereocenters. The molecule has 0 radical (unpaired) electrons. The first-order valence-corrected chi connectivity index (χ1v) is 14.0. The molecule has 1 fully saturated rings. The molecule has 8 heteroatoms. The van der Waals surface area contributed by atoms with Gasteiger partial charge in [-0.05, 0) is 54.7 Å². The fraction of sp³-hybridized carbons (Fsp3) is 0.462. The van der Waals surface area contributed by atoms with Crippen LogP contribution in [0.4, 0.5) is 0 Å². The number of rotatable bonds is 10. The van der Waals surface area contributed by atoms with Crippen molar-refractivity contribution in [3.8, 4) is 0 Å². The highest BCUT2D eigenvalue weighted by Gasteiger charge is 2.30. The van der Waals surface area contributed by atoms with Gasteiger partial charge in [-0.2, -0.15) is 0 Å². The zero-order valence-corrected chi connectivity index (χ0v) is 22.5. The van der Waals surface area contributed by atoms with E-state index < -0.39 is 6.04 Å². The van der Waals surface area contributed by atoms with Gasteiger partial charge in [-0.25, -0.2) is 0 Å². The number of benzene rings is 2. The minimum Gasteiger partial charge on any atom is -0.352 e. The van der Waals surface area contributed by atoms with E-state index in [4.69, 9.17) is 34.8 Å². The average Bonchev–Trinajstić information content (AvgIpc) is 2.82. The van der Waals surface area contributed by atoms with E-state index in [9.17, 15) is 9.59 Å². The van der Waals surface area contributed by atoms with Crippen LogP contribution in [-0.4, -0.2) is 34.6 Å². The van der Waals surface area contributed by atoms with E-state index >= 15 is 0 Å². The maximum atomic E-state index is 13.4. The normalized spacial score (nSPS) is 15.1. The van der Waals surface area contributed by atoms with Crippen molar-refractivity contribution >= 4 is 58.4 Å². The van der Waals surface area contributed by atoms with Gasteiger partial charge in [0.25, 0.3) is 0 Å². The van der Waals surface area contributed by atoms with Gasteiger partial charge in [0, 0.05) is 33.4 Å². The molecule has 4 nitrogen and oxygen atoms in total. The van der Waals surface area contributed by atoms with E-state index in [1.807, 2.05) is 25.1 Å². The second-order valence-electron chi connectivity index (χ2n) is 8.64. The Morgan fingerprint density at radius 2 is 1.71 bits per heavy atom. The second kappa shape index (κ2) is 13.6. The van der Waals surface area contributed by atoms with Crippen LogP contribution in [0.5, 0.6) is 0 Å². The van der Waals surface area contributed by atoms with E-state index in [0.717, 1.165) is 36.8 Å². The molecule has 0 saturated heterocycles. The number of thioether (sulfide) groups is 1. The van der Waals surface area contributed by atoms with E-state index in [2.05, 4.69) is 5.32 Å². The summed E-state index contributed by atoms with van der Waals surface area (Å²) in [4.78, 5) is 28.3. The molecule has 0 heterocycles. The van der Waals surface area contributed by atoms with Gasteiger partial charge in [0.15, 0.2) is 0 Å². The smallest absolute Gasteiger partial charge is 0.243 e. The summed E-state index contributed by atoms with van der Waals surface area (Å²) in [5.41, 5.74) is 1.86. The molecule has 0 spiro atoms. The van der Waals surface area contributed by atoms with Gasteiger partial charge in [-0.15, -0.1) is 11.8 Å². The Kier molecular flexibility index (Phi) is 10.9. The topological polar surface area (TPSA) is 49.4 Å². The first-order valence-electron chi connectivity index (χ1n) is 11.7. The largest absolute Gasteiger partial charge is 0.352 e.